The van der Waals surface area contributed by atoms with Crippen LogP contribution in [0.1, 0.15) is 22.3 Å². The molecule has 2 aliphatic rings. The standard InChI is InChI=1S/C56H35N3O/c1-3-16-36(17-4-1)39-21-15-22-40(34-39)54-57-53(38-19-5-2-6-20-38)58-55(59-54)41-30-32-46-44-25-10-9-24-43(44)45-26-11-12-27-47(45)56(50(46)35-41)48-28-13-14-29-51(48)60-52-42-23-8-7-18-37(42)31-33-49(52)56/h1-35H. The third kappa shape index (κ3) is 5.21. The lowest BCUT2D eigenvalue weighted by molar-refractivity contribution is 0.440. The number of benzene rings is 9. The van der Waals surface area contributed by atoms with E-state index < -0.39 is 5.41 Å². The predicted octanol–water partition coefficient (Wildman–Crippen LogP) is 13.8. The fourth-order valence-electron chi connectivity index (χ4n) is 9.54. The van der Waals surface area contributed by atoms with Gasteiger partial charge in [0.1, 0.15) is 11.5 Å². The molecule has 2 heterocycles. The lowest BCUT2D eigenvalue weighted by Crippen LogP contribution is -2.35. The Balaban J connectivity index is 1.17. The van der Waals surface area contributed by atoms with Gasteiger partial charge in [-0.3, -0.25) is 0 Å². The Bertz CT molecular complexity index is 3300. The molecule has 0 saturated carbocycles. The summed E-state index contributed by atoms with van der Waals surface area (Å²) in [6.07, 6.45) is 0. The minimum Gasteiger partial charge on any atom is -0.456 e. The van der Waals surface area contributed by atoms with Crippen molar-refractivity contribution in [2.45, 2.75) is 5.41 Å². The van der Waals surface area contributed by atoms with Crippen molar-refractivity contribution >= 4 is 10.8 Å². The number of hydrogen-bond donors (Lipinski definition) is 0. The van der Waals surface area contributed by atoms with Crippen molar-refractivity contribution in [2.24, 2.45) is 0 Å². The van der Waals surface area contributed by atoms with E-state index in [1.54, 1.807) is 0 Å². The predicted molar refractivity (Wildman–Crippen MR) is 242 cm³/mol. The summed E-state index contributed by atoms with van der Waals surface area (Å²) in [6, 6.07) is 75.2. The molecule has 0 radical (unpaired) electrons. The minimum absolute atomic E-state index is 0.604. The van der Waals surface area contributed by atoms with E-state index in [0.29, 0.717) is 17.5 Å². The molecule has 0 bridgehead atoms. The van der Waals surface area contributed by atoms with Gasteiger partial charge in [0.2, 0.25) is 0 Å². The van der Waals surface area contributed by atoms with E-state index in [-0.39, 0.29) is 0 Å². The zero-order valence-corrected chi connectivity index (χ0v) is 32.5. The van der Waals surface area contributed by atoms with Gasteiger partial charge >= 0.3 is 0 Å². The number of fused-ring (bicyclic) bond motifs is 13. The third-order valence-electron chi connectivity index (χ3n) is 12.2. The van der Waals surface area contributed by atoms with Gasteiger partial charge in [-0.15, -0.1) is 0 Å². The van der Waals surface area contributed by atoms with Gasteiger partial charge in [0.05, 0.1) is 5.41 Å². The van der Waals surface area contributed by atoms with E-state index in [1.165, 1.54) is 22.3 Å². The van der Waals surface area contributed by atoms with Crippen LogP contribution < -0.4 is 4.74 Å². The molecule has 0 fully saturated rings. The van der Waals surface area contributed by atoms with Crippen LogP contribution in [0.25, 0.3) is 78.3 Å². The Labute approximate surface area is 348 Å². The molecular formula is C56H35N3O. The molecule has 1 spiro atoms. The summed E-state index contributed by atoms with van der Waals surface area (Å²) in [5.74, 6) is 3.55. The van der Waals surface area contributed by atoms with E-state index in [0.717, 1.165) is 72.3 Å². The molecule has 1 atom stereocenters. The van der Waals surface area contributed by atoms with E-state index >= 15 is 0 Å². The molecular weight excluding hydrogens is 731 g/mol. The van der Waals surface area contributed by atoms with E-state index in [1.807, 2.05) is 24.3 Å². The van der Waals surface area contributed by atoms with Crippen molar-refractivity contribution in [3.8, 4) is 79.0 Å². The van der Waals surface area contributed by atoms with Gasteiger partial charge in [0, 0.05) is 33.2 Å². The van der Waals surface area contributed by atoms with Crippen LogP contribution in [-0.2, 0) is 5.41 Å². The number of aromatic nitrogens is 3. The fraction of sp³-hybridized carbons (Fsp3) is 0.0179. The van der Waals surface area contributed by atoms with Crippen LogP contribution in [-0.4, -0.2) is 15.0 Å². The molecule has 12 rings (SSSR count). The van der Waals surface area contributed by atoms with Crippen molar-refractivity contribution in [3.05, 3.63) is 235 Å². The Kier molecular flexibility index (Phi) is 7.72. The molecule has 1 aromatic heterocycles. The smallest absolute Gasteiger partial charge is 0.164 e. The molecule has 0 saturated heterocycles. The monoisotopic (exact) mass is 765 g/mol. The zero-order valence-electron chi connectivity index (χ0n) is 32.5. The fourth-order valence-corrected chi connectivity index (χ4v) is 9.54. The van der Waals surface area contributed by atoms with Crippen molar-refractivity contribution < 1.29 is 4.74 Å². The van der Waals surface area contributed by atoms with Crippen molar-refractivity contribution in [1.82, 2.24) is 15.0 Å². The number of hydrogen-bond acceptors (Lipinski definition) is 4. The molecule has 1 aliphatic heterocycles. The Morgan fingerprint density at radius 3 is 1.63 bits per heavy atom. The maximum absolute atomic E-state index is 7.02. The quantitative estimate of drug-likeness (QED) is 0.179. The highest BCUT2D eigenvalue weighted by Crippen LogP contribution is 2.62. The normalized spacial score (nSPS) is 14.5. The summed E-state index contributed by atoms with van der Waals surface area (Å²) in [4.78, 5) is 15.7. The van der Waals surface area contributed by atoms with Gasteiger partial charge < -0.3 is 4.74 Å². The summed E-state index contributed by atoms with van der Waals surface area (Å²) in [5.41, 5.74) is 13.4. The average Bonchev–Trinajstić information content (AvgIpc) is 3.43. The van der Waals surface area contributed by atoms with Gasteiger partial charge in [-0.1, -0.05) is 194 Å². The molecule has 4 heteroatoms. The lowest BCUT2D eigenvalue weighted by Gasteiger charge is -2.42. The Morgan fingerprint density at radius 2 is 0.867 bits per heavy atom. The Hall–Kier alpha value is -7.95. The van der Waals surface area contributed by atoms with Gasteiger partial charge in [-0.2, -0.15) is 0 Å². The first-order valence-electron chi connectivity index (χ1n) is 20.4. The van der Waals surface area contributed by atoms with Crippen LogP contribution in [0.2, 0.25) is 0 Å². The SMILES string of the molecule is c1ccc(-c2cccc(-c3nc(-c4ccccc4)nc(-c4ccc5c(c4)C4(c6ccccc6Oc6c4ccc4ccccc64)c4ccccc4-c4ccccc4-5)n3)c2)cc1. The van der Waals surface area contributed by atoms with Gasteiger partial charge in [-0.25, -0.2) is 15.0 Å². The molecule has 60 heavy (non-hydrogen) atoms. The van der Waals surface area contributed by atoms with E-state index in [9.17, 15) is 0 Å². The highest BCUT2D eigenvalue weighted by Gasteiger charge is 2.49. The first-order chi connectivity index (χ1) is 29.7. The molecule has 10 aromatic rings. The first-order valence-corrected chi connectivity index (χ1v) is 20.4. The molecule has 4 nitrogen and oxygen atoms in total. The topological polar surface area (TPSA) is 47.9 Å². The summed E-state index contributed by atoms with van der Waals surface area (Å²) in [5, 5.41) is 2.21. The molecule has 280 valence electrons. The van der Waals surface area contributed by atoms with Crippen molar-refractivity contribution in [2.75, 3.05) is 0 Å². The maximum atomic E-state index is 7.02. The van der Waals surface area contributed by atoms with Gasteiger partial charge in [-0.05, 0) is 68.1 Å². The lowest BCUT2D eigenvalue weighted by atomic mass is 9.61. The van der Waals surface area contributed by atoms with Gasteiger partial charge in [0.15, 0.2) is 17.5 Å². The van der Waals surface area contributed by atoms with Crippen LogP contribution >= 0.6 is 0 Å². The average molecular weight is 766 g/mol. The molecule has 9 aromatic carbocycles. The number of rotatable bonds is 4. The second-order valence-corrected chi connectivity index (χ2v) is 15.5. The van der Waals surface area contributed by atoms with E-state index in [2.05, 4.69) is 188 Å². The van der Waals surface area contributed by atoms with E-state index in [4.69, 9.17) is 19.7 Å². The molecule has 1 unspecified atom stereocenters. The van der Waals surface area contributed by atoms with Crippen LogP contribution in [0.15, 0.2) is 212 Å². The van der Waals surface area contributed by atoms with Gasteiger partial charge in [0.25, 0.3) is 0 Å². The van der Waals surface area contributed by atoms with Crippen LogP contribution in [0, 0.1) is 0 Å². The second-order valence-electron chi connectivity index (χ2n) is 15.5. The molecule has 1 aliphatic carbocycles. The van der Waals surface area contributed by atoms with Crippen LogP contribution in [0.5, 0.6) is 11.5 Å². The third-order valence-corrected chi connectivity index (χ3v) is 12.2. The van der Waals surface area contributed by atoms with Crippen LogP contribution in [0.3, 0.4) is 0 Å². The first kappa shape index (κ1) is 34.1. The maximum Gasteiger partial charge on any atom is 0.164 e. The van der Waals surface area contributed by atoms with Crippen LogP contribution in [0.4, 0.5) is 0 Å². The summed E-state index contributed by atoms with van der Waals surface area (Å²) in [7, 11) is 0. The largest absolute Gasteiger partial charge is 0.456 e. The highest BCUT2D eigenvalue weighted by molar-refractivity contribution is 5.98. The highest BCUT2D eigenvalue weighted by atomic mass is 16.5. The summed E-state index contributed by atoms with van der Waals surface area (Å²) in [6.45, 7) is 0. The second kappa shape index (κ2) is 13.6. The zero-order chi connectivity index (χ0) is 39.6. The number of ether oxygens (including phenoxy) is 1. The Morgan fingerprint density at radius 1 is 0.317 bits per heavy atom. The number of nitrogens with zero attached hydrogens (tertiary/aromatic N) is 3. The summed E-state index contributed by atoms with van der Waals surface area (Å²) < 4.78 is 7.02. The van der Waals surface area contributed by atoms with Crippen molar-refractivity contribution in [3.63, 3.8) is 0 Å². The minimum atomic E-state index is -0.780. The molecule has 0 N–H and O–H groups in total. The van der Waals surface area contributed by atoms with Crippen molar-refractivity contribution in [1.29, 1.82) is 0 Å². The number of para-hydroxylation sites is 1. The summed E-state index contributed by atoms with van der Waals surface area (Å²) >= 11 is 0. The molecule has 0 amide bonds.